The first-order valence-corrected chi connectivity index (χ1v) is 4.43. The van der Waals surface area contributed by atoms with Crippen molar-refractivity contribution in [3.63, 3.8) is 0 Å². The van der Waals surface area contributed by atoms with E-state index in [4.69, 9.17) is 9.84 Å². The zero-order valence-corrected chi connectivity index (χ0v) is 8.30. The van der Waals surface area contributed by atoms with Gasteiger partial charge < -0.3 is 14.4 Å². The minimum atomic E-state index is -0.938. The minimum absolute atomic E-state index is 0.380. The van der Waals surface area contributed by atoms with E-state index in [9.17, 15) is 4.79 Å². The number of carbonyl (C=O) groups is 1. The number of carboxylic acids is 1. The lowest BCUT2D eigenvalue weighted by atomic mass is 10.4. The Bertz CT molecular complexity index is 309. The summed E-state index contributed by atoms with van der Waals surface area (Å²) in [5.74, 6) is -0.0380. The molecule has 78 valence electrons. The van der Waals surface area contributed by atoms with Crippen LogP contribution >= 0.6 is 0 Å². The Morgan fingerprint density at radius 3 is 3.00 bits per heavy atom. The number of carboxylic acid groups (broad SMARTS) is 1. The molecule has 1 unspecified atom stereocenters. The summed E-state index contributed by atoms with van der Waals surface area (Å²) in [4.78, 5) is 14.5. The third-order valence-corrected chi connectivity index (χ3v) is 1.97. The van der Waals surface area contributed by atoms with Crippen molar-refractivity contribution in [2.75, 3.05) is 6.61 Å². The Kier molecular flexibility index (Phi) is 3.64. The zero-order valence-electron chi connectivity index (χ0n) is 8.30. The fraction of sp³-hybridized carbons (Fsp3) is 0.556. The first-order valence-electron chi connectivity index (χ1n) is 4.43. The summed E-state index contributed by atoms with van der Waals surface area (Å²) in [6.45, 7) is 4.41. The van der Waals surface area contributed by atoms with Gasteiger partial charge in [0.05, 0.1) is 6.61 Å². The highest BCUT2D eigenvalue weighted by Gasteiger charge is 2.10. The highest BCUT2D eigenvalue weighted by atomic mass is 16.5. The first-order chi connectivity index (χ1) is 6.61. The lowest BCUT2D eigenvalue weighted by Crippen LogP contribution is -2.22. The third kappa shape index (κ3) is 2.85. The molecule has 0 aliphatic carbocycles. The van der Waals surface area contributed by atoms with Gasteiger partial charge in [0, 0.05) is 18.9 Å². The summed E-state index contributed by atoms with van der Waals surface area (Å²) >= 11 is 0. The first kappa shape index (κ1) is 10.7. The number of hydrogen-bond donors (Lipinski definition) is 1. The molecule has 1 N–H and O–H groups in total. The summed E-state index contributed by atoms with van der Waals surface area (Å²) in [7, 11) is 0. The molecule has 5 nitrogen and oxygen atoms in total. The predicted octanol–water partition coefficient (Wildman–Crippen LogP) is 0.681. The lowest BCUT2D eigenvalue weighted by Gasteiger charge is -2.09. The molecule has 0 amide bonds. The summed E-state index contributed by atoms with van der Waals surface area (Å²) in [6.07, 6.45) is 2.79. The minimum Gasteiger partial charge on any atom is -0.479 e. The van der Waals surface area contributed by atoms with Crippen LogP contribution in [0.5, 0.6) is 0 Å². The van der Waals surface area contributed by atoms with Gasteiger partial charge in [0.2, 0.25) is 0 Å². The number of imidazole rings is 1. The van der Waals surface area contributed by atoms with E-state index in [1.807, 2.05) is 17.7 Å². The molecular weight excluding hydrogens is 184 g/mol. The quantitative estimate of drug-likeness (QED) is 0.755. The van der Waals surface area contributed by atoms with Crippen molar-refractivity contribution in [3.05, 3.63) is 18.2 Å². The van der Waals surface area contributed by atoms with E-state index in [1.165, 1.54) is 6.92 Å². The predicted molar refractivity (Wildman–Crippen MR) is 50.0 cm³/mol. The fourth-order valence-corrected chi connectivity index (χ4v) is 1.04. The summed E-state index contributed by atoms with van der Waals surface area (Å²) in [5.41, 5.74) is 0. The van der Waals surface area contributed by atoms with Crippen LogP contribution < -0.4 is 0 Å². The molecule has 0 saturated heterocycles. The molecule has 0 aliphatic heterocycles. The Morgan fingerprint density at radius 1 is 1.79 bits per heavy atom. The van der Waals surface area contributed by atoms with Crippen LogP contribution in [0.3, 0.4) is 0 Å². The zero-order chi connectivity index (χ0) is 10.6. The monoisotopic (exact) mass is 198 g/mol. The van der Waals surface area contributed by atoms with Gasteiger partial charge in [-0.15, -0.1) is 0 Å². The second kappa shape index (κ2) is 4.76. The molecule has 0 saturated carbocycles. The molecule has 0 aromatic carbocycles. The standard InChI is InChI=1S/C9H14N2O3/c1-7(9(12)13)14-6-5-11-4-3-10-8(11)2/h3-4,7H,5-6H2,1-2H3,(H,12,13). The lowest BCUT2D eigenvalue weighted by molar-refractivity contribution is -0.149. The van der Waals surface area contributed by atoms with Crippen LogP contribution in [0.15, 0.2) is 12.4 Å². The smallest absolute Gasteiger partial charge is 0.332 e. The van der Waals surface area contributed by atoms with Crippen LogP contribution in [0.4, 0.5) is 0 Å². The molecule has 1 aromatic rings. The van der Waals surface area contributed by atoms with E-state index in [-0.39, 0.29) is 0 Å². The topological polar surface area (TPSA) is 64.4 Å². The Hall–Kier alpha value is -1.36. The number of rotatable bonds is 5. The van der Waals surface area contributed by atoms with Crippen molar-refractivity contribution in [2.24, 2.45) is 0 Å². The Balaban J connectivity index is 2.29. The van der Waals surface area contributed by atoms with E-state index in [0.717, 1.165) is 5.82 Å². The summed E-state index contributed by atoms with van der Waals surface area (Å²) in [6, 6.07) is 0. The molecule has 0 spiro atoms. The van der Waals surface area contributed by atoms with Crippen molar-refractivity contribution < 1.29 is 14.6 Å². The van der Waals surface area contributed by atoms with Crippen molar-refractivity contribution in [3.8, 4) is 0 Å². The maximum atomic E-state index is 10.4. The van der Waals surface area contributed by atoms with Gasteiger partial charge in [-0.2, -0.15) is 0 Å². The normalized spacial score (nSPS) is 12.7. The van der Waals surface area contributed by atoms with E-state index < -0.39 is 12.1 Å². The van der Waals surface area contributed by atoms with Gasteiger partial charge in [0.25, 0.3) is 0 Å². The van der Waals surface area contributed by atoms with E-state index in [0.29, 0.717) is 13.2 Å². The van der Waals surface area contributed by atoms with Crippen molar-refractivity contribution in [1.29, 1.82) is 0 Å². The molecule has 1 rings (SSSR count). The van der Waals surface area contributed by atoms with Gasteiger partial charge in [-0.05, 0) is 13.8 Å². The maximum Gasteiger partial charge on any atom is 0.332 e. The van der Waals surface area contributed by atoms with Gasteiger partial charge in [-0.25, -0.2) is 9.78 Å². The second-order valence-corrected chi connectivity index (χ2v) is 3.02. The molecule has 14 heavy (non-hydrogen) atoms. The van der Waals surface area contributed by atoms with Gasteiger partial charge in [-0.1, -0.05) is 0 Å². The summed E-state index contributed by atoms with van der Waals surface area (Å²) < 4.78 is 6.99. The molecule has 0 aliphatic rings. The number of nitrogens with zero attached hydrogens (tertiary/aromatic N) is 2. The summed E-state index contributed by atoms with van der Waals surface area (Å²) in [5, 5.41) is 8.55. The van der Waals surface area contributed by atoms with Gasteiger partial charge in [0.15, 0.2) is 6.10 Å². The number of aliphatic carboxylic acids is 1. The molecule has 5 heteroatoms. The Labute approximate surface area is 82.3 Å². The van der Waals surface area contributed by atoms with Gasteiger partial charge >= 0.3 is 5.97 Å². The van der Waals surface area contributed by atoms with Crippen molar-refractivity contribution in [2.45, 2.75) is 26.5 Å². The molecule has 1 atom stereocenters. The Morgan fingerprint density at radius 2 is 2.50 bits per heavy atom. The van der Waals surface area contributed by atoms with Crippen LogP contribution in [0, 0.1) is 6.92 Å². The number of hydrogen-bond acceptors (Lipinski definition) is 3. The molecule has 1 heterocycles. The molecular formula is C9H14N2O3. The van der Waals surface area contributed by atoms with Crippen molar-refractivity contribution >= 4 is 5.97 Å². The molecule has 0 bridgehead atoms. The van der Waals surface area contributed by atoms with Crippen LogP contribution in [0.1, 0.15) is 12.7 Å². The average Bonchev–Trinajstić information content (AvgIpc) is 2.51. The van der Waals surface area contributed by atoms with E-state index in [1.54, 1.807) is 6.20 Å². The van der Waals surface area contributed by atoms with E-state index in [2.05, 4.69) is 4.98 Å². The second-order valence-electron chi connectivity index (χ2n) is 3.02. The average molecular weight is 198 g/mol. The third-order valence-electron chi connectivity index (χ3n) is 1.97. The number of aromatic nitrogens is 2. The number of aryl methyl sites for hydroxylation is 1. The molecule has 0 fully saturated rings. The van der Waals surface area contributed by atoms with Crippen molar-refractivity contribution in [1.82, 2.24) is 9.55 Å². The van der Waals surface area contributed by atoms with Crippen LogP contribution in [0.25, 0.3) is 0 Å². The van der Waals surface area contributed by atoms with Gasteiger partial charge in [-0.3, -0.25) is 0 Å². The number of ether oxygens (including phenoxy) is 1. The highest BCUT2D eigenvalue weighted by Crippen LogP contribution is 1.96. The van der Waals surface area contributed by atoms with Gasteiger partial charge in [0.1, 0.15) is 5.82 Å². The molecule has 0 radical (unpaired) electrons. The fourth-order valence-electron chi connectivity index (χ4n) is 1.04. The van der Waals surface area contributed by atoms with Crippen LogP contribution in [-0.2, 0) is 16.1 Å². The SMILES string of the molecule is Cc1nccn1CCOC(C)C(=O)O. The van der Waals surface area contributed by atoms with E-state index >= 15 is 0 Å². The highest BCUT2D eigenvalue weighted by molar-refractivity contribution is 5.71. The maximum absolute atomic E-state index is 10.4. The van der Waals surface area contributed by atoms with Crippen LogP contribution in [0.2, 0.25) is 0 Å². The largest absolute Gasteiger partial charge is 0.479 e. The molecule has 1 aromatic heterocycles. The van der Waals surface area contributed by atoms with Crippen LogP contribution in [-0.4, -0.2) is 33.3 Å².